The normalized spacial score (nSPS) is 17.3. The predicted molar refractivity (Wildman–Crippen MR) is 83.5 cm³/mol. The summed E-state index contributed by atoms with van der Waals surface area (Å²) in [6.07, 6.45) is 4.86. The number of rotatable bonds is 8. The molecule has 1 unspecified atom stereocenters. The summed E-state index contributed by atoms with van der Waals surface area (Å²) >= 11 is 0. The van der Waals surface area contributed by atoms with Crippen molar-refractivity contribution in [2.75, 3.05) is 27.3 Å². The summed E-state index contributed by atoms with van der Waals surface area (Å²) < 4.78 is 11.0. The molecule has 1 atom stereocenters. The predicted octanol–water partition coefficient (Wildman–Crippen LogP) is 2.45. The summed E-state index contributed by atoms with van der Waals surface area (Å²) in [7, 11) is 3.61. The van der Waals surface area contributed by atoms with Crippen LogP contribution in [-0.4, -0.2) is 49.5 Å². The Kier molecular flexibility index (Phi) is 6.49. The number of ether oxygens (including phenoxy) is 2. The summed E-state index contributed by atoms with van der Waals surface area (Å²) in [5, 5.41) is 9.75. The van der Waals surface area contributed by atoms with Crippen molar-refractivity contribution < 1.29 is 14.6 Å². The molecule has 0 spiro atoms. The monoisotopic (exact) mass is 293 g/mol. The molecule has 2 rings (SSSR count). The zero-order valence-electron chi connectivity index (χ0n) is 13.1. The van der Waals surface area contributed by atoms with Gasteiger partial charge >= 0.3 is 0 Å². The van der Waals surface area contributed by atoms with Gasteiger partial charge in [-0.05, 0) is 50.4 Å². The van der Waals surface area contributed by atoms with Crippen LogP contribution in [0, 0.1) is 0 Å². The first-order valence-corrected chi connectivity index (χ1v) is 7.78. The first kappa shape index (κ1) is 16.3. The van der Waals surface area contributed by atoms with Crippen molar-refractivity contribution in [3.63, 3.8) is 0 Å². The van der Waals surface area contributed by atoms with Gasteiger partial charge in [0.05, 0.1) is 18.8 Å². The minimum absolute atomic E-state index is 0.370. The standard InChI is InChI=1S/C17H27NO3/c1-18(12-15(19)13-20-2)11-14-6-5-9-17(10-14)21-16-7-3-4-8-16/h5-6,9-10,15-16,19H,3-4,7-8,11-13H2,1-2H3. The van der Waals surface area contributed by atoms with Crippen molar-refractivity contribution in [3.05, 3.63) is 29.8 Å². The van der Waals surface area contributed by atoms with Gasteiger partial charge in [0.2, 0.25) is 0 Å². The lowest BCUT2D eigenvalue weighted by Gasteiger charge is -2.21. The van der Waals surface area contributed by atoms with E-state index in [1.807, 2.05) is 19.2 Å². The SMILES string of the molecule is COCC(O)CN(C)Cc1cccc(OC2CCCC2)c1. The molecule has 21 heavy (non-hydrogen) atoms. The second-order valence-electron chi connectivity index (χ2n) is 5.98. The van der Waals surface area contributed by atoms with Crippen molar-refractivity contribution in [3.8, 4) is 5.75 Å². The van der Waals surface area contributed by atoms with Crippen LogP contribution in [0.1, 0.15) is 31.2 Å². The lowest BCUT2D eigenvalue weighted by atomic mass is 10.2. The van der Waals surface area contributed by atoms with Crippen molar-refractivity contribution in [1.82, 2.24) is 4.90 Å². The molecule has 4 nitrogen and oxygen atoms in total. The highest BCUT2D eigenvalue weighted by molar-refractivity contribution is 5.28. The molecule has 1 aromatic carbocycles. The molecule has 118 valence electrons. The second-order valence-corrected chi connectivity index (χ2v) is 5.98. The van der Waals surface area contributed by atoms with Gasteiger partial charge in [0.15, 0.2) is 0 Å². The van der Waals surface area contributed by atoms with Gasteiger partial charge < -0.3 is 14.6 Å². The summed E-state index contributed by atoms with van der Waals surface area (Å²) in [6.45, 7) is 1.76. The number of benzene rings is 1. The zero-order valence-corrected chi connectivity index (χ0v) is 13.1. The van der Waals surface area contributed by atoms with Crippen molar-refractivity contribution in [2.45, 2.75) is 44.4 Å². The molecule has 0 saturated heterocycles. The Morgan fingerprint density at radius 2 is 2.10 bits per heavy atom. The highest BCUT2D eigenvalue weighted by Crippen LogP contribution is 2.24. The van der Waals surface area contributed by atoms with Crippen LogP contribution >= 0.6 is 0 Å². The van der Waals surface area contributed by atoms with Crippen LogP contribution in [0.15, 0.2) is 24.3 Å². The lowest BCUT2D eigenvalue weighted by Crippen LogP contribution is -2.31. The van der Waals surface area contributed by atoms with E-state index in [1.54, 1.807) is 7.11 Å². The molecule has 0 aliphatic heterocycles. The number of aliphatic hydroxyl groups excluding tert-OH is 1. The molecule has 0 amide bonds. The molecular formula is C17H27NO3. The summed E-state index contributed by atoms with van der Waals surface area (Å²) in [6, 6.07) is 8.28. The van der Waals surface area contributed by atoms with Crippen molar-refractivity contribution >= 4 is 0 Å². The van der Waals surface area contributed by atoms with E-state index in [9.17, 15) is 5.11 Å². The Hall–Kier alpha value is -1.10. The first-order valence-electron chi connectivity index (χ1n) is 7.78. The highest BCUT2D eigenvalue weighted by Gasteiger charge is 2.16. The van der Waals surface area contributed by atoms with E-state index in [-0.39, 0.29) is 0 Å². The van der Waals surface area contributed by atoms with Gasteiger partial charge in [0.1, 0.15) is 5.75 Å². The maximum atomic E-state index is 9.75. The van der Waals surface area contributed by atoms with Crippen LogP contribution in [0.5, 0.6) is 5.75 Å². The summed E-state index contributed by atoms with van der Waals surface area (Å²) in [5.41, 5.74) is 1.21. The summed E-state index contributed by atoms with van der Waals surface area (Å²) in [5.74, 6) is 0.963. The minimum Gasteiger partial charge on any atom is -0.490 e. The van der Waals surface area contributed by atoms with E-state index < -0.39 is 6.10 Å². The third-order valence-corrected chi connectivity index (χ3v) is 3.84. The molecule has 1 aromatic rings. The van der Waals surface area contributed by atoms with E-state index in [0.717, 1.165) is 12.3 Å². The van der Waals surface area contributed by atoms with Crippen LogP contribution < -0.4 is 4.74 Å². The topological polar surface area (TPSA) is 41.9 Å². The van der Waals surface area contributed by atoms with Gasteiger partial charge in [0, 0.05) is 20.2 Å². The molecule has 1 aliphatic rings. The molecule has 4 heteroatoms. The van der Waals surface area contributed by atoms with E-state index in [0.29, 0.717) is 19.3 Å². The van der Waals surface area contributed by atoms with Crippen LogP contribution in [0.2, 0.25) is 0 Å². The summed E-state index contributed by atoms with van der Waals surface area (Å²) in [4.78, 5) is 2.10. The maximum Gasteiger partial charge on any atom is 0.120 e. The van der Waals surface area contributed by atoms with Crippen molar-refractivity contribution in [1.29, 1.82) is 0 Å². The quantitative estimate of drug-likeness (QED) is 0.799. The van der Waals surface area contributed by atoms with Crippen LogP contribution in [0.4, 0.5) is 0 Å². The number of aliphatic hydroxyl groups is 1. The molecule has 0 radical (unpaired) electrons. The molecule has 1 fully saturated rings. The Morgan fingerprint density at radius 1 is 1.33 bits per heavy atom. The third kappa shape index (κ3) is 5.65. The fourth-order valence-corrected chi connectivity index (χ4v) is 2.90. The van der Waals surface area contributed by atoms with E-state index >= 15 is 0 Å². The molecule has 1 aliphatic carbocycles. The van der Waals surface area contributed by atoms with Crippen LogP contribution in [0.25, 0.3) is 0 Å². The molecular weight excluding hydrogens is 266 g/mol. The molecule has 1 saturated carbocycles. The van der Waals surface area contributed by atoms with Gasteiger partial charge in [-0.2, -0.15) is 0 Å². The smallest absolute Gasteiger partial charge is 0.120 e. The van der Waals surface area contributed by atoms with Gasteiger partial charge in [-0.3, -0.25) is 4.90 Å². The van der Waals surface area contributed by atoms with Gasteiger partial charge in [-0.1, -0.05) is 12.1 Å². The number of nitrogens with zero attached hydrogens (tertiary/aromatic N) is 1. The van der Waals surface area contributed by atoms with Crippen molar-refractivity contribution in [2.24, 2.45) is 0 Å². The van der Waals surface area contributed by atoms with E-state index in [4.69, 9.17) is 9.47 Å². The average Bonchev–Trinajstić information content (AvgIpc) is 2.92. The number of likely N-dealkylation sites (N-methyl/N-ethyl adjacent to an activating group) is 1. The Morgan fingerprint density at radius 3 is 2.81 bits per heavy atom. The molecule has 0 bridgehead atoms. The Bertz CT molecular complexity index is 418. The van der Waals surface area contributed by atoms with E-state index in [1.165, 1.54) is 31.2 Å². The van der Waals surface area contributed by atoms with Crippen LogP contribution in [0.3, 0.4) is 0 Å². The Labute approximate surface area is 127 Å². The van der Waals surface area contributed by atoms with Crippen LogP contribution in [-0.2, 0) is 11.3 Å². The van der Waals surface area contributed by atoms with Gasteiger partial charge in [0.25, 0.3) is 0 Å². The van der Waals surface area contributed by atoms with E-state index in [2.05, 4.69) is 17.0 Å². The molecule has 0 aromatic heterocycles. The fraction of sp³-hybridized carbons (Fsp3) is 0.647. The number of hydrogen-bond donors (Lipinski definition) is 1. The Balaban J connectivity index is 1.84. The molecule has 1 N–H and O–H groups in total. The van der Waals surface area contributed by atoms with Gasteiger partial charge in [-0.25, -0.2) is 0 Å². The number of methoxy groups -OCH3 is 1. The minimum atomic E-state index is -0.446. The maximum absolute atomic E-state index is 9.75. The number of hydrogen-bond acceptors (Lipinski definition) is 4. The van der Waals surface area contributed by atoms with Gasteiger partial charge in [-0.15, -0.1) is 0 Å². The average molecular weight is 293 g/mol. The largest absolute Gasteiger partial charge is 0.490 e. The first-order chi connectivity index (χ1) is 10.2. The zero-order chi connectivity index (χ0) is 15.1. The second kappa shape index (κ2) is 8.37. The molecule has 0 heterocycles. The lowest BCUT2D eigenvalue weighted by molar-refractivity contribution is 0.0418. The third-order valence-electron chi connectivity index (χ3n) is 3.84. The highest BCUT2D eigenvalue weighted by atomic mass is 16.5. The fourth-order valence-electron chi connectivity index (χ4n) is 2.90.